The Kier molecular flexibility index (Phi) is 5.44. The molecule has 1 aliphatic rings. The molecule has 0 bridgehead atoms. The number of amides is 2. The van der Waals surface area contributed by atoms with E-state index in [1.54, 1.807) is 11.1 Å². The van der Waals surface area contributed by atoms with Gasteiger partial charge in [0.15, 0.2) is 0 Å². The highest BCUT2D eigenvalue weighted by molar-refractivity contribution is 5.74. The molecule has 1 atom stereocenters. The number of carbonyl (C=O) groups is 1. The normalized spacial score (nSPS) is 17.8. The molecule has 7 heteroatoms. The average molecular weight is 363 g/mol. The van der Waals surface area contributed by atoms with E-state index in [4.69, 9.17) is 0 Å². The fourth-order valence-corrected chi connectivity index (χ4v) is 3.15. The monoisotopic (exact) mass is 363 g/mol. The Morgan fingerprint density at radius 2 is 1.92 bits per heavy atom. The van der Waals surface area contributed by atoms with Crippen LogP contribution in [0.4, 0.5) is 18.0 Å². The Morgan fingerprint density at radius 3 is 2.58 bits per heavy atom. The number of benzene rings is 1. The second-order valence-corrected chi connectivity index (χ2v) is 6.31. The second-order valence-electron chi connectivity index (χ2n) is 6.31. The van der Waals surface area contributed by atoms with Gasteiger partial charge in [0.25, 0.3) is 0 Å². The molecule has 2 aromatic rings. The number of likely N-dealkylation sites (tertiary alicyclic amines) is 1. The fourth-order valence-electron chi connectivity index (χ4n) is 3.15. The van der Waals surface area contributed by atoms with Gasteiger partial charge in [0.1, 0.15) is 0 Å². The van der Waals surface area contributed by atoms with E-state index in [1.807, 2.05) is 18.2 Å². The van der Waals surface area contributed by atoms with Gasteiger partial charge in [0.2, 0.25) is 0 Å². The fraction of sp³-hybridized carbons (Fsp3) is 0.368. The van der Waals surface area contributed by atoms with Crippen LogP contribution in [0.5, 0.6) is 0 Å². The van der Waals surface area contributed by atoms with Crippen molar-refractivity contribution in [1.29, 1.82) is 0 Å². The Bertz CT molecular complexity index is 732. The van der Waals surface area contributed by atoms with Crippen molar-refractivity contribution >= 4 is 6.03 Å². The van der Waals surface area contributed by atoms with Crippen molar-refractivity contribution in [2.75, 3.05) is 6.54 Å². The summed E-state index contributed by atoms with van der Waals surface area (Å²) in [6, 6.07) is 10.2. The van der Waals surface area contributed by atoms with Crippen LogP contribution in [0, 0.1) is 0 Å². The molecule has 0 aliphatic carbocycles. The first-order valence-electron chi connectivity index (χ1n) is 8.56. The summed E-state index contributed by atoms with van der Waals surface area (Å²) < 4.78 is 37.8. The van der Waals surface area contributed by atoms with Crippen LogP contribution in [0.15, 0.2) is 48.7 Å². The number of piperidine rings is 1. The minimum absolute atomic E-state index is 0.0717. The number of aromatic nitrogens is 1. The lowest BCUT2D eigenvalue weighted by Gasteiger charge is -2.35. The summed E-state index contributed by atoms with van der Waals surface area (Å²) >= 11 is 0. The maximum Gasteiger partial charge on any atom is 0.416 e. The first-order chi connectivity index (χ1) is 12.4. The van der Waals surface area contributed by atoms with Crippen LogP contribution in [0.1, 0.15) is 42.1 Å². The molecular weight excluding hydrogens is 343 g/mol. The Labute approximate surface area is 150 Å². The summed E-state index contributed by atoms with van der Waals surface area (Å²) in [6.45, 7) is 0.822. The number of alkyl halides is 3. The molecule has 4 nitrogen and oxygen atoms in total. The lowest BCUT2D eigenvalue weighted by atomic mass is 9.99. The number of halogens is 3. The molecule has 1 aromatic heterocycles. The van der Waals surface area contributed by atoms with Crippen LogP contribution in [-0.2, 0) is 12.7 Å². The highest BCUT2D eigenvalue weighted by atomic mass is 19.4. The van der Waals surface area contributed by atoms with Crippen LogP contribution in [-0.4, -0.2) is 22.5 Å². The van der Waals surface area contributed by atoms with Crippen molar-refractivity contribution < 1.29 is 18.0 Å². The van der Waals surface area contributed by atoms with Gasteiger partial charge in [-0.2, -0.15) is 13.2 Å². The highest BCUT2D eigenvalue weighted by Gasteiger charge is 2.30. The molecule has 1 saturated heterocycles. The number of urea groups is 1. The van der Waals surface area contributed by atoms with Crippen LogP contribution >= 0.6 is 0 Å². The van der Waals surface area contributed by atoms with Gasteiger partial charge in [-0.25, -0.2) is 4.79 Å². The summed E-state index contributed by atoms with van der Waals surface area (Å²) in [5.74, 6) is 0. The number of hydrogen-bond acceptors (Lipinski definition) is 2. The predicted octanol–water partition coefficient (Wildman–Crippen LogP) is 4.54. The zero-order valence-corrected chi connectivity index (χ0v) is 14.2. The van der Waals surface area contributed by atoms with Gasteiger partial charge >= 0.3 is 12.2 Å². The van der Waals surface area contributed by atoms with E-state index in [0.717, 1.165) is 37.1 Å². The van der Waals surface area contributed by atoms with Gasteiger partial charge in [-0.05, 0) is 49.1 Å². The predicted molar refractivity (Wildman–Crippen MR) is 91.2 cm³/mol. The van der Waals surface area contributed by atoms with Gasteiger partial charge < -0.3 is 10.2 Å². The molecule has 0 saturated carbocycles. The molecule has 1 N–H and O–H groups in total. The van der Waals surface area contributed by atoms with Crippen molar-refractivity contribution in [2.24, 2.45) is 0 Å². The number of nitrogens with one attached hydrogen (secondary N) is 1. The van der Waals surface area contributed by atoms with Crippen LogP contribution in [0.2, 0.25) is 0 Å². The molecule has 3 rings (SSSR count). The Hall–Kier alpha value is -2.57. The Balaban J connectivity index is 1.63. The number of rotatable bonds is 3. The van der Waals surface area contributed by atoms with E-state index >= 15 is 0 Å². The molecule has 1 unspecified atom stereocenters. The second kappa shape index (κ2) is 7.76. The molecule has 0 spiro atoms. The lowest BCUT2D eigenvalue weighted by Crippen LogP contribution is -2.44. The zero-order valence-electron chi connectivity index (χ0n) is 14.2. The number of nitrogens with zero attached hydrogens (tertiary/aromatic N) is 2. The van der Waals surface area contributed by atoms with E-state index in [2.05, 4.69) is 10.3 Å². The van der Waals surface area contributed by atoms with Crippen molar-refractivity contribution in [3.8, 4) is 0 Å². The maximum absolute atomic E-state index is 12.6. The molecule has 138 valence electrons. The van der Waals surface area contributed by atoms with Gasteiger partial charge in [0.05, 0.1) is 17.3 Å². The quantitative estimate of drug-likeness (QED) is 0.870. The van der Waals surface area contributed by atoms with Gasteiger partial charge in [-0.1, -0.05) is 18.2 Å². The smallest absolute Gasteiger partial charge is 0.334 e. The summed E-state index contributed by atoms with van der Waals surface area (Å²) in [5, 5.41) is 2.80. The number of hydrogen-bond donors (Lipinski definition) is 1. The van der Waals surface area contributed by atoms with Crippen LogP contribution in [0.25, 0.3) is 0 Å². The zero-order chi connectivity index (χ0) is 18.6. The van der Waals surface area contributed by atoms with Crippen molar-refractivity contribution in [3.05, 3.63) is 65.5 Å². The average Bonchev–Trinajstić information content (AvgIpc) is 2.66. The first-order valence-corrected chi connectivity index (χ1v) is 8.56. The van der Waals surface area contributed by atoms with Crippen LogP contribution in [0.3, 0.4) is 0 Å². The van der Waals surface area contributed by atoms with E-state index in [-0.39, 0.29) is 18.6 Å². The minimum Gasteiger partial charge on any atom is -0.334 e. The van der Waals surface area contributed by atoms with E-state index in [9.17, 15) is 18.0 Å². The summed E-state index contributed by atoms with van der Waals surface area (Å²) in [7, 11) is 0. The third-order valence-electron chi connectivity index (χ3n) is 4.52. The minimum atomic E-state index is -4.36. The molecule has 0 radical (unpaired) electrons. The third kappa shape index (κ3) is 4.33. The van der Waals surface area contributed by atoms with E-state index in [0.29, 0.717) is 12.1 Å². The molecular formula is C19H20F3N3O. The van der Waals surface area contributed by atoms with Crippen molar-refractivity contribution in [2.45, 2.75) is 38.0 Å². The first kappa shape index (κ1) is 18.2. The number of pyridine rings is 1. The van der Waals surface area contributed by atoms with E-state index in [1.165, 1.54) is 12.1 Å². The molecule has 1 fully saturated rings. The summed E-state index contributed by atoms with van der Waals surface area (Å²) in [5.41, 5.74) is 0.786. The third-order valence-corrected chi connectivity index (χ3v) is 4.52. The molecule has 2 heterocycles. The lowest BCUT2D eigenvalue weighted by molar-refractivity contribution is -0.137. The molecule has 2 amide bonds. The molecule has 1 aromatic carbocycles. The van der Waals surface area contributed by atoms with Gasteiger partial charge in [-0.3, -0.25) is 4.98 Å². The largest absolute Gasteiger partial charge is 0.416 e. The number of carbonyl (C=O) groups excluding carboxylic acids is 1. The SMILES string of the molecule is O=C(NCc1ccc(C(F)(F)F)cc1)N1CCCCC1c1ccccn1. The van der Waals surface area contributed by atoms with Crippen LogP contribution < -0.4 is 5.32 Å². The Morgan fingerprint density at radius 1 is 1.15 bits per heavy atom. The van der Waals surface area contributed by atoms with E-state index < -0.39 is 11.7 Å². The standard InChI is InChI=1S/C19H20F3N3O/c20-19(21,22)15-9-7-14(8-10-15)13-24-18(26)25-12-4-2-6-17(25)16-5-1-3-11-23-16/h1,3,5,7-11,17H,2,4,6,12-13H2,(H,24,26). The summed E-state index contributed by atoms with van der Waals surface area (Å²) in [6.07, 6.45) is 0.166. The van der Waals surface area contributed by atoms with Crippen molar-refractivity contribution in [3.63, 3.8) is 0 Å². The molecule has 1 aliphatic heterocycles. The highest BCUT2D eigenvalue weighted by Crippen LogP contribution is 2.30. The van der Waals surface area contributed by atoms with Gasteiger partial charge in [-0.15, -0.1) is 0 Å². The maximum atomic E-state index is 12.6. The topological polar surface area (TPSA) is 45.2 Å². The summed E-state index contributed by atoms with van der Waals surface area (Å²) in [4.78, 5) is 18.7. The van der Waals surface area contributed by atoms with Gasteiger partial charge in [0, 0.05) is 19.3 Å². The molecule has 26 heavy (non-hydrogen) atoms. The van der Waals surface area contributed by atoms with Crippen molar-refractivity contribution in [1.82, 2.24) is 15.2 Å².